The van der Waals surface area contributed by atoms with Crippen molar-refractivity contribution in [3.63, 3.8) is 0 Å². The summed E-state index contributed by atoms with van der Waals surface area (Å²) in [5, 5.41) is 2.94. The second-order valence-electron chi connectivity index (χ2n) is 5.94. The lowest BCUT2D eigenvalue weighted by Gasteiger charge is -2.35. The summed E-state index contributed by atoms with van der Waals surface area (Å²) < 4.78 is 12.4. The van der Waals surface area contributed by atoms with Crippen LogP contribution in [0.15, 0.2) is 24.3 Å². The number of anilines is 1. The molecule has 1 saturated carbocycles. The fraction of sp³-hybridized carbons (Fsp3) is 0.562. The van der Waals surface area contributed by atoms with Crippen molar-refractivity contribution in [2.75, 3.05) is 18.6 Å². The molecule has 1 N–H and O–H groups in total. The van der Waals surface area contributed by atoms with Gasteiger partial charge in [0.2, 0.25) is 0 Å². The Hall–Kier alpha value is -1.58. The summed E-state index contributed by atoms with van der Waals surface area (Å²) in [7, 11) is 1.75. The number of nitrogens with zero attached hydrogens (tertiary/aromatic N) is 1. The molecule has 3 nitrogen and oxygen atoms in total. The Labute approximate surface area is 120 Å². The standard InChI is InChI=1S/C16H23FN2O/c1-11(2)13-4-6-15(7-5-13)19(3)16(20)18-14-8-12(9-14)10-17/h4-7,11-12,14H,8-10H2,1-3H3,(H,18,20). The number of rotatable bonds is 4. The summed E-state index contributed by atoms with van der Waals surface area (Å²) in [5.41, 5.74) is 2.13. The normalized spacial score (nSPS) is 21.4. The molecule has 1 aromatic rings. The molecular formula is C16H23FN2O. The van der Waals surface area contributed by atoms with E-state index >= 15 is 0 Å². The summed E-state index contributed by atoms with van der Waals surface area (Å²) in [6, 6.07) is 8.02. The van der Waals surface area contributed by atoms with Crippen LogP contribution in [0.4, 0.5) is 14.9 Å². The fourth-order valence-corrected chi connectivity index (χ4v) is 2.45. The van der Waals surface area contributed by atoms with Crippen LogP contribution in [0, 0.1) is 5.92 Å². The highest BCUT2D eigenvalue weighted by atomic mass is 19.1. The molecule has 0 radical (unpaired) electrons. The third kappa shape index (κ3) is 3.30. The van der Waals surface area contributed by atoms with Crippen LogP contribution in [0.5, 0.6) is 0 Å². The quantitative estimate of drug-likeness (QED) is 0.894. The number of carbonyl (C=O) groups is 1. The topological polar surface area (TPSA) is 32.3 Å². The van der Waals surface area contributed by atoms with Gasteiger partial charge in [-0.25, -0.2) is 4.79 Å². The zero-order chi connectivity index (χ0) is 14.7. The number of hydrogen-bond acceptors (Lipinski definition) is 1. The second kappa shape index (κ2) is 6.25. The molecule has 0 aliphatic heterocycles. The van der Waals surface area contributed by atoms with Gasteiger partial charge in [0.1, 0.15) is 0 Å². The van der Waals surface area contributed by atoms with Crippen molar-refractivity contribution >= 4 is 11.7 Å². The third-order valence-corrected chi connectivity index (χ3v) is 4.03. The molecule has 1 aromatic carbocycles. The highest BCUT2D eigenvalue weighted by Crippen LogP contribution is 2.28. The van der Waals surface area contributed by atoms with Crippen LogP contribution in [0.2, 0.25) is 0 Å². The van der Waals surface area contributed by atoms with Gasteiger partial charge in [-0.3, -0.25) is 9.29 Å². The van der Waals surface area contributed by atoms with Crippen LogP contribution in [0.25, 0.3) is 0 Å². The van der Waals surface area contributed by atoms with Crippen LogP contribution in [0.1, 0.15) is 38.2 Å². The van der Waals surface area contributed by atoms with E-state index in [1.54, 1.807) is 11.9 Å². The highest BCUT2D eigenvalue weighted by Gasteiger charge is 2.30. The zero-order valence-electron chi connectivity index (χ0n) is 12.4. The number of halogens is 1. The lowest BCUT2D eigenvalue weighted by Crippen LogP contribution is -2.49. The summed E-state index contributed by atoms with van der Waals surface area (Å²) in [6.45, 7) is 4.01. The molecule has 2 amide bonds. The summed E-state index contributed by atoms with van der Waals surface area (Å²) >= 11 is 0. The van der Waals surface area contributed by atoms with Gasteiger partial charge in [-0.05, 0) is 42.4 Å². The Morgan fingerprint density at radius 2 is 1.95 bits per heavy atom. The first kappa shape index (κ1) is 14.8. The van der Waals surface area contributed by atoms with Crippen molar-refractivity contribution in [2.45, 2.75) is 38.6 Å². The smallest absolute Gasteiger partial charge is 0.321 e. The van der Waals surface area contributed by atoms with Gasteiger partial charge < -0.3 is 5.32 Å². The van der Waals surface area contributed by atoms with E-state index < -0.39 is 0 Å². The average molecular weight is 278 g/mol. The van der Waals surface area contributed by atoms with E-state index in [1.807, 2.05) is 24.3 Å². The monoisotopic (exact) mass is 278 g/mol. The Bertz CT molecular complexity index is 452. The van der Waals surface area contributed by atoms with Gasteiger partial charge in [0, 0.05) is 18.8 Å². The number of alkyl halides is 1. The second-order valence-corrected chi connectivity index (χ2v) is 5.94. The zero-order valence-corrected chi connectivity index (χ0v) is 12.4. The molecule has 0 bridgehead atoms. The SMILES string of the molecule is CC(C)c1ccc(N(C)C(=O)NC2CC(CF)C2)cc1. The average Bonchev–Trinajstić information content (AvgIpc) is 2.41. The molecule has 1 fully saturated rings. The maximum atomic E-state index is 12.4. The molecule has 0 spiro atoms. The van der Waals surface area contributed by atoms with E-state index in [0.717, 1.165) is 18.5 Å². The molecular weight excluding hydrogens is 255 g/mol. The molecule has 1 aliphatic carbocycles. The van der Waals surface area contributed by atoms with Gasteiger partial charge in [0.05, 0.1) is 6.67 Å². The first-order chi connectivity index (χ1) is 9.51. The maximum Gasteiger partial charge on any atom is 0.321 e. The van der Waals surface area contributed by atoms with Gasteiger partial charge in [0.25, 0.3) is 0 Å². The lowest BCUT2D eigenvalue weighted by atomic mass is 9.81. The van der Waals surface area contributed by atoms with Crippen molar-refractivity contribution in [3.05, 3.63) is 29.8 Å². The lowest BCUT2D eigenvalue weighted by molar-refractivity contribution is 0.179. The number of benzene rings is 1. The predicted octanol–water partition coefficient (Wildman–Crippen LogP) is 3.70. The molecule has 1 aliphatic rings. The minimum Gasteiger partial charge on any atom is -0.335 e. The third-order valence-electron chi connectivity index (χ3n) is 4.03. The maximum absolute atomic E-state index is 12.4. The van der Waals surface area contributed by atoms with Crippen LogP contribution in [-0.2, 0) is 0 Å². The predicted molar refractivity (Wildman–Crippen MR) is 80.0 cm³/mol. The minimum absolute atomic E-state index is 0.121. The molecule has 0 unspecified atom stereocenters. The van der Waals surface area contributed by atoms with Gasteiger partial charge >= 0.3 is 6.03 Å². The van der Waals surface area contributed by atoms with E-state index in [1.165, 1.54) is 5.56 Å². The van der Waals surface area contributed by atoms with Gasteiger partial charge in [-0.15, -0.1) is 0 Å². The summed E-state index contributed by atoms with van der Waals surface area (Å²) in [6.07, 6.45) is 1.50. The summed E-state index contributed by atoms with van der Waals surface area (Å²) in [4.78, 5) is 13.7. The fourth-order valence-electron chi connectivity index (χ4n) is 2.45. The number of amides is 2. The van der Waals surface area contributed by atoms with E-state index in [2.05, 4.69) is 19.2 Å². The van der Waals surface area contributed by atoms with Crippen molar-refractivity contribution in [2.24, 2.45) is 5.92 Å². The van der Waals surface area contributed by atoms with E-state index in [-0.39, 0.29) is 24.7 Å². The van der Waals surface area contributed by atoms with Gasteiger partial charge in [-0.1, -0.05) is 26.0 Å². The number of urea groups is 1. The Balaban J connectivity index is 1.90. The van der Waals surface area contributed by atoms with E-state index in [4.69, 9.17) is 0 Å². The molecule has 0 atom stereocenters. The Morgan fingerprint density at radius 1 is 1.35 bits per heavy atom. The van der Waals surface area contributed by atoms with Crippen molar-refractivity contribution in [1.82, 2.24) is 5.32 Å². The Kier molecular flexibility index (Phi) is 4.63. The van der Waals surface area contributed by atoms with Gasteiger partial charge in [-0.2, -0.15) is 0 Å². The van der Waals surface area contributed by atoms with E-state index in [9.17, 15) is 9.18 Å². The van der Waals surface area contributed by atoms with E-state index in [0.29, 0.717) is 5.92 Å². The van der Waals surface area contributed by atoms with Crippen LogP contribution in [-0.4, -0.2) is 25.8 Å². The van der Waals surface area contributed by atoms with Crippen molar-refractivity contribution < 1.29 is 9.18 Å². The Morgan fingerprint density at radius 3 is 2.45 bits per heavy atom. The summed E-state index contributed by atoms with van der Waals surface area (Å²) in [5.74, 6) is 0.617. The molecule has 0 aromatic heterocycles. The van der Waals surface area contributed by atoms with Crippen molar-refractivity contribution in [1.29, 1.82) is 0 Å². The first-order valence-corrected chi connectivity index (χ1v) is 7.21. The van der Waals surface area contributed by atoms with Gasteiger partial charge in [0.15, 0.2) is 0 Å². The van der Waals surface area contributed by atoms with Crippen LogP contribution in [0.3, 0.4) is 0 Å². The van der Waals surface area contributed by atoms with Crippen molar-refractivity contribution in [3.8, 4) is 0 Å². The highest BCUT2D eigenvalue weighted by molar-refractivity contribution is 5.91. The van der Waals surface area contributed by atoms with Crippen LogP contribution >= 0.6 is 0 Å². The molecule has 4 heteroatoms. The molecule has 0 heterocycles. The molecule has 0 saturated heterocycles. The largest absolute Gasteiger partial charge is 0.335 e. The number of carbonyl (C=O) groups excluding carboxylic acids is 1. The number of hydrogen-bond donors (Lipinski definition) is 1. The molecule has 2 rings (SSSR count). The first-order valence-electron chi connectivity index (χ1n) is 7.21. The molecule has 20 heavy (non-hydrogen) atoms. The molecule has 110 valence electrons. The minimum atomic E-state index is -0.279. The number of nitrogens with one attached hydrogen (secondary N) is 1. The van der Waals surface area contributed by atoms with Crippen LogP contribution < -0.4 is 10.2 Å².